The van der Waals surface area contributed by atoms with E-state index in [9.17, 15) is 9.59 Å². The summed E-state index contributed by atoms with van der Waals surface area (Å²) in [6, 6.07) is 8.55. The SMILES string of the molecule is CNCC(=O)N1CCC(n2nccc2NC(=O)Nc2ccccc2Cl)CC1. The molecule has 3 rings (SSSR count). The molecule has 9 heteroatoms. The number of hydrogen-bond donors (Lipinski definition) is 3. The predicted molar refractivity (Wildman–Crippen MR) is 105 cm³/mol. The van der Waals surface area contributed by atoms with E-state index in [1.807, 2.05) is 9.58 Å². The molecule has 1 aromatic carbocycles. The van der Waals surface area contributed by atoms with Crippen molar-refractivity contribution in [3.8, 4) is 0 Å². The maximum absolute atomic E-state index is 12.3. The molecule has 0 unspecified atom stereocenters. The van der Waals surface area contributed by atoms with E-state index in [1.54, 1.807) is 43.6 Å². The van der Waals surface area contributed by atoms with Gasteiger partial charge in [-0.05, 0) is 32.0 Å². The van der Waals surface area contributed by atoms with Crippen LogP contribution in [0.15, 0.2) is 36.5 Å². The zero-order valence-electron chi connectivity index (χ0n) is 15.1. The van der Waals surface area contributed by atoms with Crippen molar-refractivity contribution in [2.45, 2.75) is 18.9 Å². The summed E-state index contributed by atoms with van der Waals surface area (Å²) in [5.41, 5.74) is 0.541. The average molecular weight is 391 g/mol. The van der Waals surface area contributed by atoms with Crippen LogP contribution in [0.3, 0.4) is 0 Å². The number of para-hydroxylation sites is 1. The summed E-state index contributed by atoms with van der Waals surface area (Å²) in [7, 11) is 1.76. The first-order chi connectivity index (χ1) is 13.1. The maximum atomic E-state index is 12.3. The number of amides is 3. The van der Waals surface area contributed by atoms with Gasteiger partial charge in [0.2, 0.25) is 5.91 Å². The summed E-state index contributed by atoms with van der Waals surface area (Å²) >= 11 is 6.07. The van der Waals surface area contributed by atoms with Crippen molar-refractivity contribution in [3.63, 3.8) is 0 Å². The van der Waals surface area contributed by atoms with Gasteiger partial charge in [-0.1, -0.05) is 23.7 Å². The van der Waals surface area contributed by atoms with Crippen LogP contribution in [0.1, 0.15) is 18.9 Å². The van der Waals surface area contributed by atoms with Crippen molar-refractivity contribution in [1.82, 2.24) is 20.0 Å². The number of rotatable bonds is 5. The summed E-state index contributed by atoms with van der Waals surface area (Å²) in [6.07, 6.45) is 3.24. The fraction of sp³-hybridized carbons (Fsp3) is 0.389. The second-order valence-corrected chi connectivity index (χ2v) is 6.77. The third-order valence-electron chi connectivity index (χ3n) is 4.53. The van der Waals surface area contributed by atoms with Crippen molar-refractivity contribution in [1.29, 1.82) is 0 Å². The molecule has 8 nitrogen and oxygen atoms in total. The second-order valence-electron chi connectivity index (χ2n) is 6.36. The van der Waals surface area contributed by atoms with E-state index in [2.05, 4.69) is 21.0 Å². The molecule has 0 radical (unpaired) electrons. The van der Waals surface area contributed by atoms with Crippen molar-refractivity contribution >= 4 is 35.0 Å². The topological polar surface area (TPSA) is 91.3 Å². The fourth-order valence-corrected chi connectivity index (χ4v) is 3.34. The molecule has 1 aliphatic rings. The van der Waals surface area contributed by atoms with Gasteiger partial charge in [0.1, 0.15) is 5.82 Å². The lowest BCUT2D eigenvalue weighted by Gasteiger charge is -2.32. The van der Waals surface area contributed by atoms with Gasteiger partial charge >= 0.3 is 6.03 Å². The smallest absolute Gasteiger partial charge is 0.324 e. The van der Waals surface area contributed by atoms with Crippen molar-refractivity contribution in [3.05, 3.63) is 41.6 Å². The van der Waals surface area contributed by atoms with Crippen molar-refractivity contribution in [2.75, 3.05) is 37.3 Å². The number of urea groups is 1. The van der Waals surface area contributed by atoms with Gasteiger partial charge in [-0.2, -0.15) is 5.10 Å². The normalized spacial score (nSPS) is 14.8. The van der Waals surface area contributed by atoms with Crippen LogP contribution in [0.5, 0.6) is 0 Å². The minimum atomic E-state index is -0.383. The van der Waals surface area contributed by atoms with Gasteiger partial charge < -0.3 is 15.5 Å². The molecule has 3 N–H and O–H groups in total. The molecule has 1 aromatic heterocycles. The number of carbonyl (C=O) groups is 2. The number of carbonyl (C=O) groups excluding carboxylic acids is 2. The van der Waals surface area contributed by atoms with Gasteiger partial charge in [-0.15, -0.1) is 0 Å². The fourth-order valence-electron chi connectivity index (χ4n) is 3.16. The first kappa shape index (κ1) is 19.2. The molecule has 1 aliphatic heterocycles. The molecule has 2 heterocycles. The molecule has 27 heavy (non-hydrogen) atoms. The van der Waals surface area contributed by atoms with E-state index in [4.69, 9.17) is 11.6 Å². The Morgan fingerprint density at radius 3 is 2.63 bits per heavy atom. The van der Waals surface area contributed by atoms with Crippen LogP contribution in [-0.4, -0.2) is 53.3 Å². The monoisotopic (exact) mass is 390 g/mol. The van der Waals surface area contributed by atoms with Crippen LogP contribution in [0.2, 0.25) is 5.02 Å². The lowest BCUT2D eigenvalue weighted by Crippen LogP contribution is -2.43. The number of nitrogens with one attached hydrogen (secondary N) is 3. The number of likely N-dealkylation sites (N-methyl/N-ethyl adjacent to an activating group) is 1. The highest BCUT2D eigenvalue weighted by molar-refractivity contribution is 6.33. The molecule has 0 atom stereocenters. The van der Waals surface area contributed by atoms with E-state index in [1.165, 1.54) is 0 Å². The number of halogens is 1. The van der Waals surface area contributed by atoms with Gasteiger partial charge in [0, 0.05) is 19.2 Å². The standard InChI is InChI=1S/C18H23ClN6O2/c1-20-12-17(26)24-10-7-13(8-11-24)25-16(6-9-21-25)23-18(27)22-15-5-3-2-4-14(15)19/h2-6,9,13,20H,7-8,10-12H2,1H3,(H2,22,23,27). The van der Waals surface area contributed by atoms with Gasteiger partial charge in [-0.25, -0.2) is 9.48 Å². The highest BCUT2D eigenvalue weighted by Gasteiger charge is 2.25. The van der Waals surface area contributed by atoms with E-state index in [-0.39, 0.29) is 18.0 Å². The van der Waals surface area contributed by atoms with E-state index in [0.29, 0.717) is 36.2 Å². The Morgan fingerprint density at radius 2 is 1.93 bits per heavy atom. The maximum Gasteiger partial charge on any atom is 0.324 e. The number of nitrogens with zero attached hydrogens (tertiary/aromatic N) is 3. The summed E-state index contributed by atoms with van der Waals surface area (Å²) in [5.74, 6) is 0.716. The molecule has 0 saturated carbocycles. The number of aromatic nitrogens is 2. The van der Waals surface area contributed by atoms with E-state index in [0.717, 1.165) is 12.8 Å². The molecule has 0 bridgehead atoms. The largest absolute Gasteiger partial charge is 0.341 e. The summed E-state index contributed by atoms with van der Waals surface area (Å²) in [6.45, 7) is 1.70. The average Bonchev–Trinajstić information content (AvgIpc) is 3.12. The Morgan fingerprint density at radius 1 is 1.19 bits per heavy atom. The summed E-state index contributed by atoms with van der Waals surface area (Å²) in [4.78, 5) is 26.1. The molecular formula is C18H23ClN6O2. The number of hydrogen-bond acceptors (Lipinski definition) is 4. The second kappa shape index (κ2) is 8.88. The van der Waals surface area contributed by atoms with Crippen LogP contribution in [0, 0.1) is 0 Å². The highest BCUT2D eigenvalue weighted by atomic mass is 35.5. The molecular weight excluding hydrogens is 368 g/mol. The molecule has 0 spiro atoms. The van der Waals surface area contributed by atoms with Crippen LogP contribution >= 0.6 is 11.6 Å². The van der Waals surface area contributed by atoms with Gasteiger partial charge in [0.25, 0.3) is 0 Å². The molecule has 1 fully saturated rings. The van der Waals surface area contributed by atoms with Gasteiger partial charge in [-0.3, -0.25) is 10.1 Å². The third kappa shape index (κ3) is 4.78. The van der Waals surface area contributed by atoms with Gasteiger partial charge in [0.15, 0.2) is 0 Å². The predicted octanol–water partition coefficient (Wildman–Crippen LogP) is 2.56. The Labute approximate surface area is 162 Å². The Balaban J connectivity index is 1.59. The minimum Gasteiger partial charge on any atom is -0.341 e. The van der Waals surface area contributed by atoms with Gasteiger partial charge in [0.05, 0.1) is 29.5 Å². The quantitative estimate of drug-likeness (QED) is 0.731. The zero-order chi connectivity index (χ0) is 19.2. The Bertz CT molecular complexity index is 801. The molecule has 0 aliphatic carbocycles. The first-order valence-corrected chi connectivity index (χ1v) is 9.24. The van der Waals surface area contributed by atoms with E-state index >= 15 is 0 Å². The number of benzene rings is 1. The van der Waals surface area contributed by atoms with Crippen LogP contribution in [-0.2, 0) is 4.79 Å². The molecule has 3 amide bonds. The Hall–Kier alpha value is -2.58. The highest BCUT2D eigenvalue weighted by Crippen LogP contribution is 2.26. The number of piperidine rings is 1. The number of likely N-dealkylation sites (tertiary alicyclic amines) is 1. The summed E-state index contributed by atoms with van der Waals surface area (Å²) < 4.78 is 1.81. The third-order valence-corrected chi connectivity index (χ3v) is 4.85. The zero-order valence-corrected chi connectivity index (χ0v) is 15.9. The lowest BCUT2D eigenvalue weighted by atomic mass is 10.1. The molecule has 1 saturated heterocycles. The van der Waals surface area contributed by atoms with Crippen molar-refractivity contribution in [2.24, 2.45) is 0 Å². The van der Waals surface area contributed by atoms with Crippen LogP contribution in [0.4, 0.5) is 16.3 Å². The van der Waals surface area contributed by atoms with Crippen molar-refractivity contribution < 1.29 is 9.59 Å². The minimum absolute atomic E-state index is 0.105. The first-order valence-electron chi connectivity index (χ1n) is 8.87. The van der Waals surface area contributed by atoms with E-state index < -0.39 is 0 Å². The molecule has 144 valence electrons. The molecule has 2 aromatic rings. The Kier molecular flexibility index (Phi) is 6.31. The van der Waals surface area contributed by atoms with Crippen LogP contribution in [0.25, 0.3) is 0 Å². The summed E-state index contributed by atoms with van der Waals surface area (Å²) in [5, 5.41) is 13.3. The lowest BCUT2D eigenvalue weighted by molar-refractivity contribution is -0.131. The number of anilines is 2. The van der Waals surface area contributed by atoms with Crippen LogP contribution < -0.4 is 16.0 Å².